The number of para-hydroxylation sites is 1. The Bertz CT molecular complexity index is 1420. The first-order valence-corrected chi connectivity index (χ1v) is 13.5. The van der Waals surface area contributed by atoms with Crippen LogP contribution >= 0.6 is 11.8 Å². The molecule has 1 aromatic heterocycles. The van der Waals surface area contributed by atoms with Crippen molar-refractivity contribution < 1.29 is 18.9 Å². The van der Waals surface area contributed by atoms with E-state index in [0.717, 1.165) is 48.1 Å². The minimum absolute atomic E-state index is 0.108. The summed E-state index contributed by atoms with van der Waals surface area (Å²) in [7, 11) is 8.91. The summed E-state index contributed by atoms with van der Waals surface area (Å²) in [5.41, 5.74) is 6.10. The van der Waals surface area contributed by atoms with E-state index in [0.29, 0.717) is 0 Å². The number of rotatable bonds is 10. The van der Waals surface area contributed by atoms with Crippen LogP contribution in [0.5, 0.6) is 23.0 Å². The van der Waals surface area contributed by atoms with Crippen molar-refractivity contribution >= 4 is 11.8 Å². The second kappa shape index (κ2) is 11.5. The molecule has 0 saturated heterocycles. The first-order chi connectivity index (χ1) is 18.6. The van der Waals surface area contributed by atoms with E-state index in [1.807, 2.05) is 30.0 Å². The Hall–Kier alpha value is -3.55. The molecule has 1 aliphatic rings. The minimum Gasteiger partial charge on any atom is -0.497 e. The maximum absolute atomic E-state index is 5.79. The van der Waals surface area contributed by atoms with Crippen molar-refractivity contribution in [2.24, 2.45) is 0 Å². The lowest BCUT2D eigenvalue weighted by Gasteiger charge is -2.30. The fourth-order valence-corrected chi connectivity index (χ4v) is 6.33. The molecule has 4 aromatic rings. The van der Waals surface area contributed by atoms with E-state index in [1.54, 1.807) is 28.4 Å². The first kappa shape index (κ1) is 26.1. The Morgan fingerprint density at radius 3 is 2.34 bits per heavy atom. The quantitative estimate of drug-likeness (QED) is 0.237. The van der Waals surface area contributed by atoms with Crippen molar-refractivity contribution in [3.8, 4) is 28.7 Å². The van der Waals surface area contributed by atoms with E-state index in [1.165, 1.54) is 27.5 Å². The van der Waals surface area contributed by atoms with Crippen molar-refractivity contribution in [2.45, 2.75) is 23.1 Å². The molecule has 198 valence electrons. The molecule has 0 saturated carbocycles. The van der Waals surface area contributed by atoms with Crippen molar-refractivity contribution in [3.05, 3.63) is 95.3 Å². The lowest BCUT2D eigenvalue weighted by molar-refractivity contribution is 0.324. The van der Waals surface area contributed by atoms with Gasteiger partial charge in [-0.3, -0.25) is 0 Å². The van der Waals surface area contributed by atoms with Gasteiger partial charge in [-0.15, -0.1) is 11.8 Å². The maximum Gasteiger partial charge on any atom is 0.160 e. The highest BCUT2D eigenvalue weighted by molar-refractivity contribution is 8.00. The molecule has 1 aliphatic heterocycles. The molecule has 0 fully saturated rings. The average Bonchev–Trinajstić information content (AvgIpc) is 3.38. The fraction of sp³-hybridized carbons (Fsp3) is 0.290. The molecule has 5 rings (SSSR count). The number of methoxy groups -OCH3 is 4. The van der Waals surface area contributed by atoms with Crippen LogP contribution in [0.4, 0.5) is 0 Å². The topological polar surface area (TPSA) is 45.1 Å². The Morgan fingerprint density at radius 1 is 0.789 bits per heavy atom. The lowest BCUT2D eigenvalue weighted by Crippen LogP contribution is -2.23. The van der Waals surface area contributed by atoms with Gasteiger partial charge in [-0.05, 0) is 61.5 Å². The summed E-state index contributed by atoms with van der Waals surface area (Å²) in [6.07, 6.45) is 0.919. The average molecular weight is 531 g/mol. The largest absolute Gasteiger partial charge is 0.497 e. The van der Waals surface area contributed by atoms with Crippen LogP contribution in [0.15, 0.2) is 77.7 Å². The summed E-state index contributed by atoms with van der Waals surface area (Å²) >= 11 is 1.86. The van der Waals surface area contributed by atoms with E-state index in [9.17, 15) is 0 Å². The second-order valence-electron chi connectivity index (χ2n) is 9.34. The molecule has 0 bridgehead atoms. The smallest absolute Gasteiger partial charge is 0.160 e. The van der Waals surface area contributed by atoms with Crippen LogP contribution < -0.4 is 18.9 Å². The molecule has 38 heavy (non-hydrogen) atoms. The zero-order chi connectivity index (χ0) is 26.6. The number of thioether (sulfide) groups is 1. The Morgan fingerprint density at radius 2 is 1.58 bits per heavy atom. The van der Waals surface area contributed by atoms with Gasteiger partial charge in [0.05, 0.1) is 39.4 Å². The van der Waals surface area contributed by atoms with Gasteiger partial charge in [-0.25, -0.2) is 0 Å². The molecule has 1 atom stereocenters. The van der Waals surface area contributed by atoms with E-state index < -0.39 is 0 Å². The lowest BCUT2D eigenvalue weighted by atomic mass is 10.1. The number of likely N-dealkylation sites (N-methyl/N-ethyl adjacent to an activating group) is 1. The van der Waals surface area contributed by atoms with Crippen molar-refractivity contribution in [1.29, 1.82) is 0 Å². The third kappa shape index (κ3) is 5.08. The summed E-state index contributed by atoms with van der Waals surface area (Å²) in [6.45, 7) is 1.75. The molecular formula is C31H34N2O4S. The zero-order valence-corrected chi connectivity index (χ0v) is 23.4. The normalized spacial score (nSPS) is 14.1. The van der Waals surface area contributed by atoms with E-state index in [-0.39, 0.29) is 5.25 Å². The number of benzene rings is 3. The highest BCUT2D eigenvalue weighted by atomic mass is 32.2. The van der Waals surface area contributed by atoms with Crippen molar-refractivity contribution in [2.75, 3.05) is 42.0 Å². The van der Waals surface area contributed by atoms with Gasteiger partial charge in [-0.2, -0.15) is 0 Å². The summed E-state index contributed by atoms with van der Waals surface area (Å²) in [5.74, 6) is 3.15. The molecule has 3 aromatic carbocycles. The summed E-state index contributed by atoms with van der Waals surface area (Å²) < 4.78 is 24.5. The third-order valence-electron chi connectivity index (χ3n) is 7.00. The second-order valence-corrected chi connectivity index (χ2v) is 10.5. The molecule has 6 nitrogen and oxygen atoms in total. The van der Waals surface area contributed by atoms with E-state index in [4.69, 9.17) is 18.9 Å². The van der Waals surface area contributed by atoms with Crippen molar-refractivity contribution in [1.82, 2.24) is 9.47 Å². The summed E-state index contributed by atoms with van der Waals surface area (Å²) in [4.78, 5) is 3.63. The molecule has 0 aliphatic carbocycles. The third-order valence-corrected chi connectivity index (χ3v) is 8.33. The van der Waals surface area contributed by atoms with Crippen LogP contribution in [0.1, 0.15) is 27.8 Å². The van der Waals surface area contributed by atoms with Gasteiger partial charge in [0.25, 0.3) is 0 Å². The predicted molar refractivity (Wildman–Crippen MR) is 153 cm³/mol. The number of nitrogens with zero attached hydrogens (tertiary/aromatic N) is 2. The molecule has 1 unspecified atom stereocenters. The molecule has 0 spiro atoms. The van der Waals surface area contributed by atoms with Crippen LogP contribution in [-0.2, 0) is 13.0 Å². The fourth-order valence-electron chi connectivity index (χ4n) is 5.02. The summed E-state index contributed by atoms with van der Waals surface area (Å²) in [6, 6.07) is 25.4. The number of hydrogen-bond acceptors (Lipinski definition) is 6. The highest BCUT2D eigenvalue weighted by Crippen LogP contribution is 2.50. The monoisotopic (exact) mass is 530 g/mol. The molecule has 0 amide bonds. The van der Waals surface area contributed by atoms with Gasteiger partial charge in [0.1, 0.15) is 11.5 Å². The number of ether oxygens (including phenoxy) is 4. The molecule has 2 heterocycles. The highest BCUT2D eigenvalue weighted by Gasteiger charge is 2.30. The Kier molecular flexibility index (Phi) is 7.86. The number of aromatic nitrogens is 1. The minimum atomic E-state index is 0.108. The SMILES string of the molecule is COc1ccc(C2Sc3ccccc3-n3c(CN(C)CCc4ccc(OC)c(OC)c4)ccc32)c(OC)c1. The standard InChI is InChI=1S/C31H34N2O4S/c1-32(17-16-21-10-15-27(35-3)29(18-21)37-5)20-22-11-14-26-31(24-13-12-23(34-2)19-28(24)36-4)38-30-9-7-6-8-25(30)33(22)26/h6-15,18-19,31H,16-17,20H2,1-5H3. The van der Waals surface area contributed by atoms with Crippen LogP contribution in [0, 0.1) is 0 Å². The maximum atomic E-state index is 5.79. The molecule has 7 heteroatoms. The van der Waals surface area contributed by atoms with Crippen LogP contribution in [0.3, 0.4) is 0 Å². The van der Waals surface area contributed by atoms with Crippen LogP contribution in [0.2, 0.25) is 0 Å². The number of hydrogen-bond donors (Lipinski definition) is 0. The van der Waals surface area contributed by atoms with Gasteiger partial charge in [-0.1, -0.05) is 24.3 Å². The first-order valence-electron chi connectivity index (χ1n) is 12.6. The molecular weight excluding hydrogens is 496 g/mol. The van der Waals surface area contributed by atoms with Gasteiger partial charge in [0, 0.05) is 41.0 Å². The van der Waals surface area contributed by atoms with E-state index in [2.05, 4.69) is 71.1 Å². The van der Waals surface area contributed by atoms with Crippen LogP contribution in [0.25, 0.3) is 5.69 Å². The van der Waals surface area contributed by atoms with Crippen molar-refractivity contribution in [3.63, 3.8) is 0 Å². The van der Waals surface area contributed by atoms with Gasteiger partial charge >= 0.3 is 0 Å². The molecule has 0 radical (unpaired) electrons. The van der Waals surface area contributed by atoms with Crippen LogP contribution in [-0.4, -0.2) is 51.5 Å². The van der Waals surface area contributed by atoms with Gasteiger partial charge in [0.2, 0.25) is 0 Å². The zero-order valence-electron chi connectivity index (χ0n) is 22.6. The Balaban J connectivity index is 1.41. The Labute approximate surface area is 229 Å². The van der Waals surface area contributed by atoms with Gasteiger partial charge in [0.15, 0.2) is 11.5 Å². The van der Waals surface area contributed by atoms with Gasteiger partial charge < -0.3 is 28.4 Å². The predicted octanol–water partition coefficient (Wildman–Crippen LogP) is 6.38. The molecule has 0 N–H and O–H groups in total. The summed E-state index contributed by atoms with van der Waals surface area (Å²) in [5, 5.41) is 0.108. The number of fused-ring (bicyclic) bond motifs is 3. The van der Waals surface area contributed by atoms with E-state index >= 15 is 0 Å².